The molecule has 4 rings (SSSR count). The molecule has 0 spiro atoms. The monoisotopic (exact) mass is 436 g/mol. The van der Waals surface area contributed by atoms with Gasteiger partial charge in [-0.1, -0.05) is 0 Å². The molecule has 4 N–H and O–H groups in total. The van der Waals surface area contributed by atoms with E-state index in [1.165, 1.54) is 13.1 Å². The van der Waals surface area contributed by atoms with Gasteiger partial charge in [0.15, 0.2) is 11.5 Å². The SMILES string of the molecule is CNC(=O)c1cc2ccc(O/C(=C/C=N)c3[nH]cc(C(=O)N4CC(C)(O)C4)c3C)cc2o1. The van der Waals surface area contributed by atoms with Crippen LogP contribution in [0.2, 0.25) is 0 Å². The first-order valence-electron chi connectivity index (χ1n) is 10.1. The minimum absolute atomic E-state index is 0.176. The van der Waals surface area contributed by atoms with Crippen molar-refractivity contribution < 1.29 is 23.8 Å². The second-order valence-electron chi connectivity index (χ2n) is 8.05. The van der Waals surface area contributed by atoms with Crippen LogP contribution in [0.1, 0.15) is 39.1 Å². The smallest absolute Gasteiger partial charge is 0.286 e. The highest BCUT2D eigenvalue weighted by Gasteiger charge is 2.40. The number of β-amino-alcohol motifs (C(OH)–C–C–N with tert-alkyl or cyclic N) is 1. The van der Waals surface area contributed by atoms with Crippen LogP contribution in [0.5, 0.6) is 5.75 Å². The molecule has 2 aromatic heterocycles. The first-order valence-corrected chi connectivity index (χ1v) is 10.1. The van der Waals surface area contributed by atoms with E-state index in [-0.39, 0.29) is 30.7 Å². The number of ether oxygens (including phenoxy) is 1. The fourth-order valence-corrected chi connectivity index (χ4v) is 3.74. The van der Waals surface area contributed by atoms with Crippen LogP contribution in [0.3, 0.4) is 0 Å². The number of hydrogen-bond acceptors (Lipinski definition) is 6. The predicted octanol–water partition coefficient (Wildman–Crippen LogP) is 2.71. The lowest BCUT2D eigenvalue weighted by Gasteiger charge is -2.44. The largest absolute Gasteiger partial charge is 0.455 e. The van der Waals surface area contributed by atoms with E-state index in [1.807, 2.05) is 0 Å². The van der Waals surface area contributed by atoms with Crippen LogP contribution >= 0.6 is 0 Å². The van der Waals surface area contributed by atoms with Crippen LogP contribution in [-0.4, -0.2) is 58.8 Å². The summed E-state index contributed by atoms with van der Waals surface area (Å²) in [5.74, 6) is 0.498. The van der Waals surface area contributed by atoms with Crippen LogP contribution in [-0.2, 0) is 0 Å². The number of aromatic amines is 1. The van der Waals surface area contributed by atoms with Crippen molar-refractivity contribution in [2.24, 2.45) is 0 Å². The zero-order chi connectivity index (χ0) is 23.0. The molecule has 3 aromatic rings. The third-order valence-corrected chi connectivity index (χ3v) is 5.37. The molecule has 32 heavy (non-hydrogen) atoms. The topological polar surface area (TPSA) is 132 Å². The summed E-state index contributed by atoms with van der Waals surface area (Å²) in [6.07, 6.45) is 4.18. The van der Waals surface area contributed by atoms with Gasteiger partial charge in [-0.25, -0.2) is 0 Å². The molecule has 2 amide bonds. The number of fused-ring (bicyclic) bond motifs is 1. The Morgan fingerprint density at radius 3 is 2.75 bits per heavy atom. The molecule has 1 saturated heterocycles. The van der Waals surface area contributed by atoms with E-state index in [0.717, 1.165) is 11.6 Å². The van der Waals surface area contributed by atoms with Gasteiger partial charge in [0, 0.05) is 37.0 Å². The summed E-state index contributed by atoms with van der Waals surface area (Å²) in [7, 11) is 1.53. The third-order valence-electron chi connectivity index (χ3n) is 5.37. The summed E-state index contributed by atoms with van der Waals surface area (Å²) in [6, 6.07) is 6.81. The molecule has 0 radical (unpaired) electrons. The first-order chi connectivity index (χ1) is 15.2. The Kier molecular flexibility index (Phi) is 5.35. The van der Waals surface area contributed by atoms with Crippen molar-refractivity contribution in [2.45, 2.75) is 19.4 Å². The number of carbonyl (C=O) groups excluding carboxylic acids is 2. The number of H-pyrrole nitrogens is 1. The Morgan fingerprint density at radius 2 is 2.09 bits per heavy atom. The van der Waals surface area contributed by atoms with E-state index in [0.29, 0.717) is 33.9 Å². The van der Waals surface area contributed by atoms with Gasteiger partial charge in [0.25, 0.3) is 11.8 Å². The van der Waals surface area contributed by atoms with E-state index in [2.05, 4.69) is 10.3 Å². The van der Waals surface area contributed by atoms with E-state index < -0.39 is 5.60 Å². The van der Waals surface area contributed by atoms with Gasteiger partial charge in [-0.3, -0.25) is 9.59 Å². The van der Waals surface area contributed by atoms with Crippen LogP contribution < -0.4 is 10.1 Å². The lowest BCUT2D eigenvalue weighted by atomic mass is 9.95. The van der Waals surface area contributed by atoms with Gasteiger partial charge in [0.2, 0.25) is 0 Å². The molecule has 1 fully saturated rings. The molecule has 166 valence electrons. The zero-order valence-corrected chi connectivity index (χ0v) is 18.0. The number of carbonyl (C=O) groups is 2. The number of allylic oxidation sites excluding steroid dienone is 1. The van der Waals surface area contributed by atoms with Crippen molar-refractivity contribution >= 4 is 34.8 Å². The van der Waals surface area contributed by atoms with Crippen molar-refractivity contribution in [1.29, 1.82) is 5.41 Å². The second kappa shape index (κ2) is 8.01. The molecule has 1 aliphatic rings. The van der Waals surface area contributed by atoms with Crippen molar-refractivity contribution in [3.05, 3.63) is 59.1 Å². The maximum atomic E-state index is 12.8. The van der Waals surface area contributed by atoms with Gasteiger partial charge < -0.3 is 34.9 Å². The average Bonchev–Trinajstić information content (AvgIpc) is 3.33. The standard InChI is InChI=1S/C23H24N4O5/c1-13-16(22(29)27-11-23(2,30)12-27)10-26-20(13)17(6-7-24)31-15-5-4-14-8-19(21(28)25-3)32-18(14)9-15/h4-10,24,26,30H,11-12H2,1-3H3,(H,25,28)/b17-6+,24-7?. The molecule has 1 aliphatic heterocycles. The Morgan fingerprint density at radius 1 is 1.34 bits per heavy atom. The van der Waals surface area contributed by atoms with Crippen molar-refractivity contribution in [1.82, 2.24) is 15.2 Å². The molecule has 0 atom stereocenters. The predicted molar refractivity (Wildman–Crippen MR) is 119 cm³/mol. The maximum absolute atomic E-state index is 12.8. The van der Waals surface area contributed by atoms with Gasteiger partial charge in [-0.15, -0.1) is 0 Å². The number of aromatic nitrogens is 1. The highest BCUT2D eigenvalue weighted by Crippen LogP contribution is 2.30. The summed E-state index contributed by atoms with van der Waals surface area (Å²) in [5.41, 5.74) is 1.36. The summed E-state index contributed by atoms with van der Waals surface area (Å²) >= 11 is 0. The summed E-state index contributed by atoms with van der Waals surface area (Å²) in [5, 5.41) is 20.7. The number of amides is 2. The van der Waals surface area contributed by atoms with Crippen molar-refractivity contribution in [2.75, 3.05) is 20.1 Å². The minimum atomic E-state index is -0.848. The van der Waals surface area contributed by atoms with Gasteiger partial charge in [0.05, 0.1) is 29.9 Å². The van der Waals surface area contributed by atoms with Gasteiger partial charge in [0.1, 0.15) is 11.3 Å². The molecule has 0 saturated carbocycles. The van der Waals surface area contributed by atoms with E-state index in [1.54, 1.807) is 49.2 Å². The molecule has 9 nitrogen and oxygen atoms in total. The number of nitrogens with zero attached hydrogens (tertiary/aromatic N) is 1. The third kappa shape index (κ3) is 3.90. The summed E-state index contributed by atoms with van der Waals surface area (Å²) in [6.45, 7) is 4.06. The highest BCUT2D eigenvalue weighted by molar-refractivity contribution is 5.98. The lowest BCUT2D eigenvalue weighted by molar-refractivity contribution is -0.0668. The Bertz CT molecular complexity index is 1240. The number of aliphatic hydroxyl groups is 1. The van der Waals surface area contributed by atoms with E-state index in [4.69, 9.17) is 14.6 Å². The maximum Gasteiger partial charge on any atom is 0.286 e. The Hall–Kier alpha value is -3.85. The first kappa shape index (κ1) is 21.4. The van der Waals surface area contributed by atoms with Crippen LogP contribution in [0.4, 0.5) is 0 Å². The fourth-order valence-electron chi connectivity index (χ4n) is 3.74. The molecule has 0 aliphatic carbocycles. The minimum Gasteiger partial charge on any atom is -0.455 e. The van der Waals surface area contributed by atoms with Gasteiger partial charge in [-0.2, -0.15) is 0 Å². The molecular weight excluding hydrogens is 412 g/mol. The van der Waals surface area contributed by atoms with Crippen LogP contribution in [0.25, 0.3) is 16.7 Å². The molecule has 0 bridgehead atoms. The molecule has 1 aromatic carbocycles. The van der Waals surface area contributed by atoms with E-state index >= 15 is 0 Å². The Balaban J connectivity index is 1.59. The molecule has 3 heterocycles. The molecule has 0 unspecified atom stereocenters. The van der Waals surface area contributed by atoms with Gasteiger partial charge in [-0.05, 0) is 37.6 Å². The average molecular weight is 436 g/mol. The van der Waals surface area contributed by atoms with Crippen molar-refractivity contribution in [3.8, 4) is 5.75 Å². The molecule has 9 heteroatoms. The number of benzene rings is 1. The number of likely N-dealkylation sites (tertiary alicyclic amines) is 1. The quantitative estimate of drug-likeness (QED) is 0.348. The number of furan rings is 1. The Labute approximate surface area is 184 Å². The van der Waals surface area contributed by atoms with Gasteiger partial charge >= 0.3 is 0 Å². The summed E-state index contributed by atoms with van der Waals surface area (Å²) < 4.78 is 11.6. The van der Waals surface area contributed by atoms with Crippen LogP contribution in [0.15, 0.2) is 41.0 Å². The van der Waals surface area contributed by atoms with Crippen LogP contribution in [0, 0.1) is 12.3 Å². The number of hydrogen-bond donors (Lipinski definition) is 4. The second-order valence-corrected chi connectivity index (χ2v) is 8.05. The van der Waals surface area contributed by atoms with E-state index in [9.17, 15) is 14.7 Å². The fraction of sp³-hybridized carbons (Fsp3) is 0.261. The summed E-state index contributed by atoms with van der Waals surface area (Å²) in [4.78, 5) is 29.2. The van der Waals surface area contributed by atoms with Crippen molar-refractivity contribution in [3.63, 3.8) is 0 Å². The zero-order valence-electron chi connectivity index (χ0n) is 18.0. The number of rotatable bonds is 6. The normalized spacial score (nSPS) is 15.4. The lowest BCUT2D eigenvalue weighted by Crippen LogP contribution is -2.61. The number of nitrogens with one attached hydrogen (secondary N) is 3. The molecular formula is C23H24N4O5. The highest BCUT2D eigenvalue weighted by atomic mass is 16.5.